The third kappa shape index (κ3) is 3.89. The zero-order chi connectivity index (χ0) is 23.2. The Morgan fingerprint density at radius 3 is 2.74 bits per heavy atom. The molecule has 0 aromatic heterocycles. The van der Waals surface area contributed by atoms with Crippen LogP contribution in [0.2, 0.25) is 0 Å². The van der Waals surface area contributed by atoms with E-state index in [4.69, 9.17) is 9.47 Å². The van der Waals surface area contributed by atoms with Crippen LogP contribution in [0.3, 0.4) is 0 Å². The zero-order valence-electron chi connectivity index (χ0n) is 21.1. The van der Waals surface area contributed by atoms with E-state index in [9.17, 15) is 4.79 Å². The fourth-order valence-electron chi connectivity index (χ4n) is 9.11. The van der Waals surface area contributed by atoms with Gasteiger partial charge in [-0.05, 0) is 62.3 Å². The van der Waals surface area contributed by atoms with Crippen LogP contribution in [0.5, 0.6) is 0 Å². The molecule has 4 aliphatic carbocycles. The molecule has 4 heteroatoms. The molecule has 1 aromatic rings. The van der Waals surface area contributed by atoms with Crippen molar-refractivity contribution in [3.05, 3.63) is 35.9 Å². The molecule has 1 saturated heterocycles. The number of ether oxygens (including phenoxy) is 2. The summed E-state index contributed by atoms with van der Waals surface area (Å²) < 4.78 is 13.4. The molecule has 5 unspecified atom stereocenters. The highest BCUT2D eigenvalue weighted by Crippen LogP contribution is 2.64. The van der Waals surface area contributed by atoms with Gasteiger partial charge in [0.2, 0.25) is 0 Å². The number of Topliss-reactive ketones (excluding diaryl/α,β-unsaturated/α-hetero) is 1. The molecule has 5 aliphatic rings. The molecule has 186 valence electrons. The summed E-state index contributed by atoms with van der Waals surface area (Å²) in [5.74, 6) is 2.60. The number of ketones is 1. The van der Waals surface area contributed by atoms with Crippen LogP contribution in [0.4, 0.5) is 0 Å². The first-order valence-corrected chi connectivity index (χ1v) is 14.2. The number of hydrogen-bond donors (Lipinski definition) is 1. The minimum atomic E-state index is -0.143. The number of benzene rings is 1. The SMILES string of the molecule is COC1CCCC2CC3[NH+](CC4CC4)CC[C@@]4(CC(=O)CC[C@@]34OCCCc3ccccc3)C21. The third-order valence-corrected chi connectivity index (χ3v) is 10.6. The first-order chi connectivity index (χ1) is 16.6. The number of fused-ring (bicyclic) bond motifs is 1. The first kappa shape index (κ1) is 23.2. The second-order valence-electron chi connectivity index (χ2n) is 12.3. The van der Waals surface area contributed by atoms with Crippen molar-refractivity contribution in [3.8, 4) is 0 Å². The predicted molar refractivity (Wildman–Crippen MR) is 133 cm³/mol. The molecule has 6 rings (SSSR count). The summed E-state index contributed by atoms with van der Waals surface area (Å²) in [6.45, 7) is 3.37. The summed E-state index contributed by atoms with van der Waals surface area (Å²) in [4.78, 5) is 14.9. The van der Waals surface area contributed by atoms with E-state index >= 15 is 0 Å². The van der Waals surface area contributed by atoms with Crippen LogP contribution < -0.4 is 4.90 Å². The number of likely N-dealkylation sites (tertiary alicyclic amines) is 1. The molecule has 1 aliphatic heterocycles. The van der Waals surface area contributed by atoms with Crippen molar-refractivity contribution in [3.63, 3.8) is 0 Å². The van der Waals surface area contributed by atoms with E-state index in [1.54, 1.807) is 0 Å². The van der Waals surface area contributed by atoms with E-state index in [2.05, 4.69) is 30.3 Å². The number of rotatable bonds is 8. The zero-order valence-corrected chi connectivity index (χ0v) is 21.1. The molecule has 4 saturated carbocycles. The number of carbonyl (C=O) groups is 1. The van der Waals surface area contributed by atoms with Gasteiger partial charge in [-0.2, -0.15) is 0 Å². The summed E-state index contributed by atoms with van der Waals surface area (Å²) in [5.41, 5.74) is 1.24. The highest BCUT2D eigenvalue weighted by Gasteiger charge is 2.73. The van der Waals surface area contributed by atoms with Crippen molar-refractivity contribution in [1.29, 1.82) is 0 Å². The van der Waals surface area contributed by atoms with Gasteiger partial charge >= 0.3 is 0 Å². The van der Waals surface area contributed by atoms with Crippen molar-refractivity contribution in [1.82, 2.24) is 0 Å². The van der Waals surface area contributed by atoms with E-state index in [0.717, 1.165) is 51.0 Å². The maximum atomic E-state index is 13.1. The van der Waals surface area contributed by atoms with Gasteiger partial charge in [0.25, 0.3) is 0 Å². The number of hydrogen-bond acceptors (Lipinski definition) is 3. The van der Waals surface area contributed by atoms with Gasteiger partial charge in [0, 0.05) is 50.7 Å². The Morgan fingerprint density at radius 2 is 1.94 bits per heavy atom. The second kappa shape index (κ2) is 9.33. The largest absolute Gasteiger partial charge is 0.381 e. The molecule has 1 heterocycles. The van der Waals surface area contributed by atoms with E-state index in [0.29, 0.717) is 36.2 Å². The van der Waals surface area contributed by atoms with Gasteiger partial charge in [-0.15, -0.1) is 0 Å². The van der Waals surface area contributed by atoms with E-state index in [1.807, 2.05) is 12.0 Å². The molecule has 7 atom stereocenters. The fourth-order valence-corrected chi connectivity index (χ4v) is 9.11. The normalized spacial score (nSPS) is 41.6. The monoisotopic (exact) mass is 466 g/mol. The van der Waals surface area contributed by atoms with Gasteiger partial charge < -0.3 is 14.4 Å². The van der Waals surface area contributed by atoms with Gasteiger partial charge in [0.1, 0.15) is 17.4 Å². The van der Waals surface area contributed by atoms with E-state index < -0.39 is 0 Å². The topological polar surface area (TPSA) is 40.0 Å². The predicted octanol–water partition coefficient (Wildman–Crippen LogP) is 4.02. The molecular formula is C30H44NO3+. The highest BCUT2D eigenvalue weighted by atomic mass is 16.5. The molecular weight excluding hydrogens is 422 g/mol. The third-order valence-electron chi connectivity index (χ3n) is 10.6. The summed E-state index contributed by atoms with van der Waals surface area (Å²) >= 11 is 0. The van der Waals surface area contributed by atoms with Crippen molar-refractivity contribution in [2.75, 3.05) is 26.8 Å². The number of carbonyl (C=O) groups excluding carboxylic acids is 1. The average Bonchev–Trinajstić information content (AvgIpc) is 3.68. The highest BCUT2D eigenvalue weighted by molar-refractivity contribution is 5.81. The van der Waals surface area contributed by atoms with Gasteiger partial charge in [0.15, 0.2) is 0 Å². The van der Waals surface area contributed by atoms with Crippen LogP contribution in [0, 0.1) is 23.2 Å². The van der Waals surface area contributed by atoms with E-state index in [1.165, 1.54) is 50.8 Å². The minimum Gasteiger partial charge on any atom is -0.381 e. The van der Waals surface area contributed by atoms with Gasteiger partial charge in [-0.1, -0.05) is 36.8 Å². The first-order valence-electron chi connectivity index (χ1n) is 14.2. The van der Waals surface area contributed by atoms with Gasteiger partial charge in [-0.3, -0.25) is 4.79 Å². The quantitative estimate of drug-likeness (QED) is 0.589. The summed E-state index contributed by atoms with van der Waals surface area (Å²) in [7, 11) is 1.91. The summed E-state index contributed by atoms with van der Waals surface area (Å²) in [5, 5.41) is 0. The molecule has 1 aromatic carbocycles. The van der Waals surface area contributed by atoms with Crippen molar-refractivity contribution in [2.24, 2.45) is 23.2 Å². The Balaban J connectivity index is 1.32. The second-order valence-corrected chi connectivity index (χ2v) is 12.3. The van der Waals surface area contributed by atoms with Gasteiger partial charge in [0.05, 0.1) is 19.2 Å². The Labute approximate surface area is 205 Å². The van der Waals surface area contributed by atoms with Crippen LogP contribution in [-0.2, 0) is 20.7 Å². The average molecular weight is 467 g/mol. The molecule has 2 bridgehead atoms. The van der Waals surface area contributed by atoms with E-state index in [-0.39, 0.29) is 11.0 Å². The fraction of sp³-hybridized carbons (Fsp3) is 0.767. The minimum absolute atomic E-state index is 0.0171. The number of nitrogens with one attached hydrogen (secondary N) is 1. The Hall–Kier alpha value is -1.23. The molecule has 34 heavy (non-hydrogen) atoms. The lowest BCUT2D eigenvalue weighted by molar-refractivity contribution is -0.948. The van der Waals surface area contributed by atoms with Gasteiger partial charge in [-0.25, -0.2) is 0 Å². The maximum Gasteiger partial charge on any atom is 0.133 e. The number of aryl methyl sites for hydroxylation is 1. The maximum absolute atomic E-state index is 13.1. The molecule has 0 spiro atoms. The Morgan fingerprint density at radius 1 is 1.09 bits per heavy atom. The smallest absolute Gasteiger partial charge is 0.133 e. The summed E-state index contributed by atoms with van der Waals surface area (Å²) in [6.07, 6.45) is 13.8. The number of methoxy groups -OCH3 is 1. The van der Waals surface area contributed by atoms with Crippen LogP contribution in [0.1, 0.15) is 76.2 Å². The standard InChI is InChI=1S/C30H43NO3/c1-33-26-11-5-10-24-19-27-30(34-18-6-9-22-7-3-2-4-8-22)15-14-25(32)20-29(30,28(24)26)16-17-31(27)21-23-12-13-23/h2-4,7-8,23-24,26-28H,5-6,9-21H2,1H3/p+1/t24?,26?,27?,28?,29-,30-/m1/s1. The lowest BCUT2D eigenvalue weighted by Gasteiger charge is -2.68. The van der Waals surface area contributed by atoms with Crippen LogP contribution in [-0.4, -0.2) is 50.3 Å². The molecule has 0 amide bonds. The molecule has 4 nitrogen and oxygen atoms in total. The lowest BCUT2D eigenvalue weighted by Crippen LogP contribution is -3.21. The lowest BCUT2D eigenvalue weighted by atomic mass is 9.42. The summed E-state index contributed by atoms with van der Waals surface area (Å²) in [6, 6.07) is 11.4. The molecule has 5 fully saturated rings. The van der Waals surface area contributed by atoms with Crippen LogP contribution in [0.25, 0.3) is 0 Å². The van der Waals surface area contributed by atoms with Crippen LogP contribution >= 0.6 is 0 Å². The van der Waals surface area contributed by atoms with Crippen molar-refractivity contribution in [2.45, 2.75) is 94.8 Å². The van der Waals surface area contributed by atoms with Crippen molar-refractivity contribution < 1.29 is 19.2 Å². The Bertz CT molecular complexity index is 869. The van der Waals surface area contributed by atoms with Crippen molar-refractivity contribution >= 4 is 5.78 Å². The number of quaternary nitrogens is 1. The molecule has 0 radical (unpaired) electrons. The van der Waals surface area contributed by atoms with Crippen LogP contribution in [0.15, 0.2) is 30.3 Å². The number of piperidine rings is 1. The Kier molecular flexibility index (Phi) is 6.36. The molecule has 1 N–H and O–H groups in total.